The Balaban J connectivity index is 0.00000145. The fraction of sp³-hybridized carbons (Fsp3) is 0.667. The van der Waals surface area contributed by atoms with Gasteiger partial charge in [-0.15, -0.1) is 0 Å². The zero-order valence-electron chi connectivity index (χ0n) is 18.4. The van der Waals surface area contributed by atoms with E-state index < -0.39 is 28.7 Å². The number of ketones is 1. The minimum absolute atomic E-state index is 0.0180. The maximum absolute atomic E-state index is 13.2. The molecule has 1 aliphatic carbocycles. The van der Waals surface area contributed by atoms with Crippen LogP contribution >= 0.6 is 0 Å². The topological polar surface area (TPSA) is 98.7 Å². The molecule has 1 unspecified atom stereocenters. The molecular weight excluding hydrogens is 374 g/mol. The first kappa shape index (κ1) is 22.8. The Hall–Kier alpha value is -2.51. The average molecular weight is 405 g/mol. The highest BCUT2D eigenvalue weighted by Gasteiger charge is 2.52. The minimum Gasteiger partial charge on any atom is -0.464 e. The first-order valence-electron chi connectivity index (χ1n) is 10.1. The summed E-state index contributed by atoms with van der Waals surface area (Å²) in [6.45, 7) is 11.0. The zero-order chi connectivity index (χ0) is 22.0. The maximum atomic E-state index is 13.2. The molecule has 0 amide bonds. The molecule has 1 atom stereocenters. The Bertz CT molecular complexity index is 798. The molecule has 3 rings (SSSR count). The summed E-state index contributed by atoms with van der Waals surface area (Å²) in [5.74, 6) is -1.35. The molecule has 0 bridgehead atoms. The minimum atomic E-state index is -1.42. The van der Waals surface area contributed by atoms with Crippen LogP contribution in [0.4, 0.5) is 5.82 Å². The van der Waals surface area contributed by atoms with Crippen molar-refractivity contribution in [1.29, 1.82) is 0 Å². The van der Waals surface area contributed by atoms with Gasteiger partial charge in [-0.2, -0.15) is 0 Å². The molecule has 0 aromatic carbocycles. The van der Waals surface area contributed by atoms with E-state index in [4.69, 9.17) is 4.74 Å². The van der Waals surface area contributed by atoms with Crippen LogP contribution in [-0.4, -0.2) is 53.0 Å². The molecule has 0 saturated heterocycles. The number of nitrogens with zero attached hydrogens (tertiary/aromatic N) is 3. The molecule has 2 heterocycles. The summed E-state index contributed by atoms with van der Waals surface area (Å²) < 4.78 is 10.2. The molecule has 0 radical (unpaired) electrons. The van der Waals surface area contributed by atoms with Crippen molar-refractivity contribution < 1.29 is 23.9 Å². The summed E-state index contributed by atoms with van der Waals surface area (Å²) in [7, 11) is 1.23. The van der Waals surface area contributed by atoms with Crippen molar-refractivity contribution in [2.75, 3.05) is 18.6 Å². The van der Waals surface area contributed by atoms with Gasteiger partial charge in [0, 0.05) is 12.6 Å². The highest BCUT2D eigenvalue weighted by Crippen LogP contribution is 2.40. The van der Waals surface area contributed by atoms with E-state index in [0.717, 1.165) is 19.3 Å². The summed E-state index contributed by atoms with van der Waals surface area (Å²) in [5.41, 5.74) is -2.18. The summed E-state index contributed by atoms with van der Waals surface area (Å²) in [5, 5.41) is 0. The van der Waals surface area contributed by atoms with Gasteiger partial charge in [0.25, 0.3) is 0 Å². The average Bonchev–Trinajstić information content (AvgIpc) is 2.63. The van der Waals surface area contributed by atoms with Crippen LogP contribution in [0.15, 0.2) is 6.20 Å². The number of rotatable bonds is 3. The molecule has 8 nitrogen and oxygen atoms in total. The van der Waals surface area contributed by atoms with Crippen LogP contribution < -0.4 is 4.90 Å². The lowest BCUT2D eigenvalue weighted by molar-refractivity contribution is -0.163. The summed E-state index contributed by atoms with van der Waals surface area (Å²) in [4.78, 5) is 48.4. The van der Waals surface area contributed by atoms with Crippen molar-refractivity contribution in [2.45, 2.75) is 72.4 Å². The fourth-order valence-corrected chi connectivity index (χ4v) is 3.25. The SMILES string of the molecule is CC.COC(=O)c1cnc2c(n1)C(=O)C(C)(C(=O)OC(C)(C)C)CN2C1CCC1. The maximum Gasteiger partial charge on any atom is 0.358 e. The summed E-state index contributed by atoms with van der Waals surface area (Å²) in [6, 6.07) is 0.192. The normalized spacial score (nSPS) is 21.3. The molecule has 0 N–H and O–H groups in total. The Kier molecular flexibility index (Phi) is 6.65. The van der Waals surface area contributed by atoms with Crippen LogP contribution in [0, 0.1) is 5.41 Å². The molecule has 1 aromatic heterocycles. The second-order valence-corrected chi connectivity index (χ2v) is 8.29. The van der Waals surface area contributed by atoms with Crippen LogP contribution in [0.25, 0.3) is 0 Å². The van der Waals surface area contributed by atoms with E-state index in [1.54, 1.807) is 27.7 Å². The lowest BCUT2D eigenvalue weighted by atomic mass is 9.78. The Morgan fingerprint density at radius 2 is 1.86 bits per heavy atom. The van der Waals surface area contributed by atoms with Gasteiger partial charge < -0.3 is 14.4 Å². The molecule has 2 aliphatic rings. The standard InChI is InChI=1S/C19H25N3O5.C2H6/c1-18(2,3)27-17(25)19(4)10-22(11-7-6-8-11)15-13(14(19)23)21-12(9-20-15)16(24)26-5;1-2/h9,11H,6-8,10H2,1-5H3;1-2H3. The number of hydrogen-bond acceptors (Lipinski definition) is 8. The van der Waals surface area contributed by atoms with Gasteiger partial charge in [0.05, 0.1) is 13.3 Å². The Morgan fingerprint density at radius 3 is 2.34 bits per heavy atom. The third kappa shape index (κ3) is 4.41. The number of esters is 2. The third-order valence-corrected chi connectivity index (χ3v) is 4.99. The van der Waals surface area contributed by atoms with Crippen molar-refractivity contribution in [2.24, 2.45) is 5.41 Å². The lowest BCUT2D eigenvalue weighted by Crippen LogP contribution is -2.57. The molecule has 1 fully saturated rings. The first-order valence-corrected chi connectivity index (χ1v) is 10.1. The van der Waals surface area contributed by atoms with E-state index in [9.17, 15) is 14.4 Å². The number of aromatic nitrogens is 2. The number of methoxy groups -OCH3 is 1. The zero-order valence-corrected chi connectivity index (χ0v) is 18.4. The first-order chi connectivity index (χ1) is 13.6. The second-order valence-electron chi connectivity index (χ2n) is 8.29. The van der Waals surface area contributed by atoms with Gasteiger partial charge >= 0.3 is 11.9 Å². The number of carbonyl (C=O) groups is 3. The lowest BCUT2D eigenvalue weighted by Gasteiger charge is -2.45. The highest BCUT2D eigenvalue weighted by molar-refractivity contribution is 6.15. The Morgan fingerprint density at radius 1 is 1.24 bits per heavy atom. The van der Waals surface area contributed by atoms with E-state index >= 15 is 0 Å². The van der Waals surface area contributed by atoms with Gasteiger partial charge in [-0.3, -0.25) is 9.59 Å². The number of anilines is 1. The van der Waals surface area contributed by atoms with Gasteiger partial charge in [-0.25, -0.2) is 14.8 Å². The van der Waals surface area contributed by atoms with Crippen molar-refractivity contribution in [1.82, 2.24) is 9.97 Å². The molecule has 29 heavy (non-hydrogen) atoms. The highest BCUT2D eigenvalue weighted by atomic mass is 16.6. The largest absolute Gasteiger partial charge is 0.464 e. The van der Waals surface area contributed by atoms with E-state index in [2.05, 4.69) is 14.7 Å². The number of carbonyl (C=O) groups excluding carboxylic acids is 3. The smallest absolute Gasteiger partial charge is 0.358 e. The van der Waals surface area contributed by atoms with Crippen LogP contribution in [0.5, 0.6) is 0 Å². The van der Waals surface area contributed by atoms with Gasteiger partial charge in [0.15, 0.2) is 17.2 Å². The van der Waals surface area contributed by atoms with E-state index in [1.807, 2.05) is 18.7 Å². The van der Waals surface area contributed by atoms with Crippen LogP contribution in [0.2, 0.25) is 0 Å². The van der Waals surface area contributed by atoms with Crippen LogP contribution in [-0.2, 0) is 14.3 Å². The van der Waals surface area contributed by atoms with Gasteiger partial charge in [0.2, 0.25) is 5.78 Å². The Labute approximate surface area is 172 Å². The van der Waals surface area contributed by atoms with E-state index in [-0.39, 0.29) is 24.0 Å². The number of fused-ring (bicyclic) bond motifs is 1. The quantitative estimate of drug-likeness (QED) is 0.558. The van der Waals surface area contributed by atoms with Gasteiger partial charge in [0.1, 0.15) is 11.0 Å². The van der Waals surface area contributed by atoms with E-state index in [1.165, 1.54) is 13.3 Å². The molecular formula is C21H31N3O5. The van der Waals surface area contributed by atoms with Gasteiger partial charge in [-0.1, -0.05) is 13.8 Å². The predicted molar refractivity (Wildman–Crippen MR) is 108 cm³/mol. The van der Waals surface area contributed by atoms with Crippen molar-refractivity contribution in [3.63, 3.8) is 0 Å². The van der Waals surface area contributed by atoms with Crippen molar-refractivity contribution >= 4 is 23.5 Å². The number of Topliss-reactive ketones (excluding diaryl/α,β-unsaturated/α-hetero) is 1. The summed E-state index contributed by atoms with van der Waals surface area (Å²) in [6.07, 6.45) is 4.30. The van der Waals surface area contributed by atoms with Crippen LogP contribution in [0.3, 0.4) is 0 Å². The molecule has 160 valence electrons. The molecule has 0 spiro atoms. The predicted octanol–water partition coefficient (Wildman–Crippen LogP) is 3.19. The summed E-state index contributed by atoms with van der Waals surface area (Å²) >= 11 is 0. The monoisotopic (exact) mass is 405 g/mol. The van der Waals surface area contributed by atoms with Crippen molar-refractivity contribution in [3.05, 3.63) is 17.6 Å². The molecule has 1 aliphatic heterocycles. The number of hydrogen-bond donors (Lipinski definition) is 0. The van der Waals surface area contributed by atoms with Gasteiger partial charge in [-0.05, 0) is 47.0 Å². The molecule has 1 aromatic rings. The van der Waals surface area contributed by atoms with Crippen molar-refractivity contribution in [3.8, 4) is 0 Å². The van der Waals surface area contributed by atoms with E-state index in [0.29, 0.717) is 5.82 Å². The molecule has 1 saturated carbocycles. The number of ether oxygens (including phenoxy) is 2. The second kappa shape index (κ2) is 8.47. The fourth-order valence-electron chi connectivity index (χ4n) is 3.25. The third-order valence-electron chi connectivity index (χ3n) is 4.99. The van der Waals surface area contributed by atoms with Crippen LogP contribution in [0.1, 0.15) is 81.8 Å². The molecule has 8 heteroatoms.